The minimum Gasteiger partial charge on any atom is -0.481 e. The first kappa shape index (κ1) is 14.6. The van der Waals surface area contributed by atoms with E-state index in [4.69, 9.17) is 28.3 Å². The standard InChI is InChI=1S/C14H17Cl2NO2/c1-9(12-7-11(15)4-5-13(12)16)17-6-2-3-10(8-17)14(18)19/h4-5,7,9-10H,2-3,6,8H2,1H3,(H,18,19). The summed E-state index contributed by atoms with van der Waals surface area (Å²) in [5, 5.41) is 10.5. The Kier molecular flexibility index (Phi) is 4.71. The van der Waals surface area contributed by atoms with Crippen LogP contribution in [0, 0.1) is 5.92 Å². The number of halogens is 2. The number of hydrogen-bond acceptors (Lipinski definition) is 2. The maximum absolute atomic E-state index is 11.1. The minimum absolute atomic E-state index is 0.0772. The van der Waals surface area contributed by atoms with Crippen LogP contribution in [0.15, 0.2) is 18.2 Å². The van der Waals surface area contributed by atoms with Crippen LogP contribution in [-0.4, -0.2) is 29.1 Å². The fraction of sp³-hybridized carbons (Fsp3) is 0.500. The predicted octanol–water partition coefficient (Wildman–Crippen LogP) is 3.85. The molecule has 0 aromatic heterocycles. The maximum atomic E-state index is 11.1. The predicted molar refractivity (Wildman–Crippen MR) is 76.8 cm³/mol. The van der Waals surface area contributed by atoms with Crippen molar-refractivity contribution in [2.24, 2.45) is 5.92 Å². The Bertz CT molecular complexity index is 479. The van der Waals surface area contributed by atoms with Gasteiger partial charge >= 0.3 is 5.97 Å². The number of rotatable bonds is 3. The van der Waals surface area contributed by atoms with Crippen molar-refractivity contribution in [1.82, 2.24) is 4.90 Å². The van der Waals surface area contributed by atoms with Crippen LogP contribution in [0.25, 0.3) is 0 Å². The van der Waals surface area contributed by atoms with E-state index in [-0.39, 0.29) is 12.0 Å². The molecule has 3 nitrogen and oxygen atoms in total. The molecular formula is C14H17Cl2NO2. The van der Waals surface area contributed by atoms with Gasteiger partial charge < -0.3 is 5.11 Å². The number of carboxylic acid groups (broad SMARTS) is 1. The molecule has 1 fully saturated rings. The topological polar surface area (TPSA) is 40.5 Å². The third-order valence-electron chi connectivity index (χ3n) is 3.76. The highest BCUT2D eigenvalue weighted by Gasteiger charge is 2.29. The van der Waals surface area contributed by atoms with E-state index in [1.807, 2.05) is 13.0 Å². The molecule has 0 spiro atoms. The SMILES string of the molecule is CC(c1cc(Cl)ccc1Cl)N1CCCC(C(=O)O)C1. The van der Waals surface area contributed by atoms with Crippen LogP contribution in [0.5, 0.6) is 0 Å². The number of carbonyl (C=O) groups is 1. The van der Waals surface area contributed by atoms with Crippen LogP contribution in [-0.2, 0) is 4.79 Å². The number of hydrogen-bond donors (Lipinski definition) is 1. The van der Waals surface area contributed by atoms with Gasteiger partial charge in [0.15, 0.2) is 0 Å². The van der Waals surface area contributed by atoms with E-state index in [1.54, 1.807) is 12.1 Å². The monoisotopic (exact) mass is 301 g/mol. The summed E-state index contributed by atoms with van der Waals surface area (Å²) >= 11 is 12.2. The first-order valence-electron chi connectivity index (χ1n) is 6.41. The van der Waals surface area contributed by atoms with Crippen LogP contribution in [0.2, 0.25) is 10.0 Å². The molecule has 2 unspecified atom stereocenters. The normalized spacial score (nSPS) is 22.2. The molecule has 1 aliphatic rings. The third-order valence-corrected chi connectivity index (χ3v) is 4.34. The summed E-state index contributed by atoms with van der Waals surface area (Å²) in [4.78, 5) is 13.3. The minimum atomic E-state index is -0.714. The second-order valence-electron chi connectivity index (χ2n) is 5.01. The number of carboxylic acids is 1. The Morgan fingerprint density at radius 3 is 2.89 bits per heavy atom. The van der Waals surface area contributed by atoms with E-state index in [1.165, 1.54) is 0 Å². The Morgan fingerprint density at radius 1 is 1.47 bits per heavy atom. The van der Waals surface area contributed by atoms with Gasteiger partial charge in [-0.1, -0.05) is 23.2 Å². The van der Waals surface area contributed by atoms with Gasteiger partial charge in [-0.15, -0.1) is 0 Å². The molecule has 19 heavy (non-hydrogen) atoms. The highest BCUT2D eigenvalue weighted by molar-refractivity contribution is 6.33. The van der Waals surface area contributed by atoms with Crippen molar-refractivity contribution in [1.29, 1.82) is 0 Å². The summed E-state index contributed by atoms with van der Waals surface area (Å²) in [6.45, 7) is 3.51. The van der Waals surface area contributed by atoms with Crippen molar-refractivity contribution < 1.29 is 9.90 Å². The van der Waals surface area contributed by atoms with E-state index in [0.717, 1.165) is 24.9 Å². The number of likely N-dealkylation sites (tertiary alicyclic amines) is 1. The number of benzene rings is 1. The average Bonchev–Trinajstić information content (AvgIpc) is 2.41. The van der Waals surface area contributed by atoms with Crippen molar-refractivity contribution in [3.63, 3.8) is 0 Å². The van der Waals surface area contributed by atoms with Crippen LogP contribution >= 0.6 is 23.2 Å². The number of nitrogens with zero attached hydrogens (tertiary/aromatic N) is 1. The molecule has 0 saturated carbocycles. The molecule has 0 radical (unpaired) electrons. The number of piperidine rings is 1. The molecule has 104 valence electrons. The zero-order valence-corrected chi connectivity index (χ0v) is 12.3. The smallest absolute Gasteiger partial charge is 0.307 e. The number of aliphatic carboxylic acids is 1. The van der Waals surface area contributed by atoms with Gasteiger partial charge in [0.1, 0.15) is 0 Å². The average molecular weight is 302 g/mol. The lowest BCUT2D eigenvalue weighted by Gasteiger charge is -2.35. The van der Waals surface area contributed by atoms with Gasteiger partial charge in [0.2, 0.25) is 0 Å². The van der Waals surface area contributed by atoms with Crippen LogP contribution < -0.4 is 0 Å². The van der Waals surface area contributed by atoms with Crippen molar-refractivity contribution in [3.05, 3.63) is 33.8 Å². The molecule has 1 aliphatic heterocycles. The molecule has 1 aromatic rings. The molecule has 0 bridgehead atoms. The second-order valence-corrected chi connectivity index (χ2v) is 5.86. The van der Waals surface area contributed by atoms with E-state index < -0.39 is 5.97 Å². The molecule has 0 amide bonds. The maximum Gasteiger partial charge on any atom is 0.307 e. The highest BCUT2D eigenvalue weighted by atomic mass is 35.5. The van der Waals surface area contributed by atoms with Gasteiger partial charge in [-0.2, -0.15) is 0 Å². The lowest BCUT2D eigenvalue weighted by atomic mass is 9.95. The molecule has 0 aliphatic carbocycles. The first-order valence-corrected chi connectivity index (χ1v) is 7.16. The quantitative estimate of drug-likeness (QED) is 0.922. The van der Waals surface area contributed by atoms with Crippen LogP contribution in [0.3, 0.4) is 0 Å². The lowest BCUT2D eigenvalue weighted by Crippen LogP contribution is -2.40. The van der Waals surface area contributed by atoms with Crippen molar-refractivity contribution in [2.75, 3.05) is 13.1 Å². The van der Waals surface area contributed by atoms with Crippen LogP contribution in [0.1, 0.15) is 31.4 Å². The zero-order valence-electron chi connectivity index (χ0n) is 10.8. The highest BCUT2D eigenvalue weighted by Crippen LogP contribution is 2.32. The Morgan fingerprint density at radius 2 is 2.21 bits per heavy atom. The summed E-state index contributed by atoms with van der Waals surface area (Å²) in [5.41, 5.74) is 0.959. The molecule has 1 saturated heterocycles. The fourth-order valence-corrected chi connectivity index (χ4v) is 3.05. The van der Waals surface area contributed by atoms with Gasteiger partial charge in [0.05, 0.1) is 5.92 Å². The van der Waals surface area contributed by atoms with Gasteiger partial charge in [0.25, 0.3) is 0 Å². The zero-order chi connectivity index (χ0) is 14.0. The molecule has 2 rings (SSSR count). The summed E-state index contributed by atoms with van der Waals surface area (Å²) in [6.07, 6.45) is 1.65. The van der Waals surface area contributed by atoms with E-state index in [0.29, 0.717) is 16.6 Å². The molecular weight excluding hydrogens is 285 g/mol. The second kappa shape index (κ2) is 6.12. The molecule has 1 N–H and O–H groups in total. The lowest BCUT2D eigenvalue weighted by molar-refractivity contribution is -0.143. The summed E-state index contributed by atoms with van der Waals surface area (Å²) in [7, 11) is 0. The molecule has 2 atom stereocenters. The van der Waals surface area contributed by atoms with Crippen LogP contribution in [0.4, 0.5) is 0 Å². The Labute approximate surface area is 123 Å². The van der Waals surface area contributed by atoms with E-state index in [9.17, 15) is 4.79 Å². The van der Waals surface area contributed by atoms with Gasteiger partial charge in [-0.25, -0.2) is 0 Å². The Hall–Kier alpha value is -0.770. The van der Waals surface area contributed by atoms with Gasteiger partial charge in [-0.05, 0) is 50.1 Å². The van der Waals surface area contributed by atoms with Gasteiger partial charge in [0, 0.05) is 22.6 Å². The summed E-state index contributed by atoms with van der Waals surface area (Å²) in [6, 6.07) is 5.48. The largest absolute Gasteiger partial charge is 0.481 e. The van der Waals surface area contributed by atoms with Gasteiger partial charge in [-0.3, -0.25) is 9.69 Å². The van der Waals surface area contributed by atoms with Crippen molar-refractivity contribution in [3.8, 4) is 0 Å². The van der Waals surface area contributed by atoms with E-state index >= 15 is 0 Å². The molecule has 1 heterocycles. The van der Waals surface area contributed by atoms with Crippen molar-refractivity contribution in [2.45, 2.75) is 25.8 Å². The first-order chi connectivity index (χ1) is 8.99. The molecule has 1 aromatic carbocycles. The van der Waals surface area contributed by atoms with Crippen molar-refractivity contribution >= 4 is 29.2 Å². The van der Waals surface area contributed by atoms with E-state index in [2.05, 4.69) is 4.90 Å². The summed E-state index contributed by atoms with van der Waals surface area (Å²) in [5.74, 6) is -0.997. The molecule has 5 heteroatoms. The fourth-order valence-electron chi connectivity index (χ4n) is 2.59. The summed E-state index contributed by atoms with van der Waals surface area (Å²) < 4.78 is 0. The Balaban J connectivity index is 2.16. The third kappa shape index (κ3) is 3.41.